The number of halogens is 4. The predicted octanol–water partition coefficient (Wildman–Crippen LogP) is 6.17. The highest BCUT2D eigenvalue weighted by Crippen LogP contribution is 2.36. The monoisotopic (exact) mass is 616 g/mol. The summed E-state index contributed by atoms with van der Waals surface area (Å²) in [5.74, 6) is -0.728. The van der Waals surface area contributed by atoms with E-state index in [9.17, 15) is 27.6 Å². The van der Waals surface area contributed by atoms with E-state index < -0.39 is 23.7 Å². The van der Waals surface area contributed by atoms with Crippen molar-refractivity contribution >= 4 is 39.5 Å². The summed E-state index contributed by atoms with van der Waals surface area (Å²) < 4.78 is 39.9. The molecule has 210 valence electrons. The molecule has 3 aromatic rings. The lowest BCUT2D eigenvalue weighted by Gasteiger charge is -2.32. The third-order valence-corrected chi connectivity index (χ3v) is 7.15. The number of benzene rings is 3. The van der Waals surface area contributed by atoms with E-state index in [1.807, 2.05) is 12.1 Å². The molecule has 0 saturated heterocycles. The molecule has 0 aromatic heterocycles. The van der Waals surface area contributed by atoms with E-state index in [0.717, 1.165) is 33.3 Å². The molecule has 4 rings (SSSR count). The lowest BCUT2D eigenvalue weighted by Crippen LogP contribution is -2.44. The molecule has 0 bridgehead atoms. The number of hydrogen-bond donors (Lipinski definition) is 3. The predicted molar refractivity (Wildman–Crippen MR) is 149 cm³/mol. The second kappa shape index (κ2) is 12.1. The smallest absolute Gasteiger partial charge is 0.370 e. The Hall–Kier alpha value is -3.86. The summed E-state index contributed by atoms with van der Waals surface area (Å²) in [6.45, 7) is 2.08. The van der Waals surface area contributed by atoms with Gasteiger partial charge in [-0.25, -0.2) is 4.79 Å². The van der Waals surface area contributed by atoms with Crippen LogP contribution in [0, 0.1) is 0 Å². The summed E-state index contributed by atoms with van der Waals surface area (Å²) in [5.41, 5.74) is 9.26. The summed E-state index contributed by atoms with van der Waals surface area (Å²) in [5, 5.41) is 5.71. The molecule has 40 heavy (non-hydrogen) atoms. The van der Waals surface area contributed by atoms with Crippen molar-refractivity contribution in [1.82, 2.24) is 10.2 Å². The molecule has 0 radical (unpaired) electrons. The van der Waals surface area contributed by atoms with Crippen LogP contribution in [0.2, 0.25) is 0 Å². The number of nitrogens with zero attached hydrogens (tertiary/aromatic N) is 1. The Morgan fingerprint density at radius 3 is 2.45 bits per heavy atom. The van der Waals surface area contributed by atoms with Gasteiger partial charge in [-0.2, -0.15) is 13.2 Å². The quantitative estimate of drug-likeness (QED) is 0.296. The fourth-order valence-electron chi connectivity index (χ4n) is 4.82. The molecule has 0 saturated carbocycles. The van der Waals surface area contributed by atoms with Crippen LogP contribution in [0.25, 0.3) is 11.1 Å². The standard InChI is InChI=1S/C29H28BrF3N4O3/c1-17(38)35-23-4-2-3-19(14-23)26(9-10-27(34)39)36-28(40)37-12-11-24-20(16-37)13-22(30)15-25(24)18-5-7-21(8-6-18)29(31,32)33/h2-8,13-15,26H,9-12,16H2,1H3,(H2,34,39)(H,35,38)(H,36,40)/t26-/m0/s1. The molecular formula is C29H28BrF3N4O3. The number of amides is 4. The van der Waals surface area contributed by atoms with Crippen LogP contribution in [-0.4, -0.2) is 29.3 Å². The van der Waals surface area contributed by atoms with Crippen molar-refractivity contribution in [2.45, 2.75) is 44.9 Å². The zero-order valence-corrected chi connectivity index (χ0v) is 23.2. The molecule has 0 fully saturated rings. The molecule has 0 aliphatic carbocycles. The van der Waals surface area contributed by atoms with Crippen LogP contribution in [0.4, 0.5) is 23.7 Å². The lowest BCUT2D eigenvalue weighted by molar-refractivity contribution is -0.137. The van der Waals surface area contributed by atoms with Crippen LogP contribution in [-0.2, 0) is 28.7 Å². The summed E-state index contributed by atoms with van der Waals surface area (Å²) in [4.78, 5) is 38.0. The second-order valence-corrected chi connectivity index (χ2v) is 10.6. The van der Waals surface area contributed by atoms with Crippen LogP contribution in [0.1, 0.15) is 48.1 Å². The van der Waals surface area contributed by atoms with Gasteiger partial charge < -0.3 is 21.3 Å². The fraction of sp³-hybridized carbons (Fsp3) is 0.276. The Kier molecular flexibility index (Phi) is 8.82. The summed E-state index contributed by atoms with van der Waals surface area (Å²) in [6.07, 6.45) is -3.57. The van der Waals surface area contributed by atoms with Crippen molar-refractivity contribution in [3.63, 3.8) is 0 Å². The highest BCUT2D eigenvalue weighted by Gasteiger charge is 2.30. The number of urea groups is 1. The first-order valence-electron chi connectivity index (χ1n) is 12.6. The van der Waals surface area contributed by atoms with Crippen molar-refractivity contribution in [1.29, 1.82) is 0 Å². The number of nitrogens with one attached hydrogen (secondary N) is 2. The van der Waals surface area contributed by atoms with Crippen molar-refractivity contribution < 1.29 is 27.6 Å². The Labute approximate surface area is 238 Å². The van der Waals surface area contributed by atoms with Gasteiger partial charge in [-0.05, 0) is 77.1 Å². The minimum absolute atomic E-state index is 0.0571. The number of carbonyl (C=O) groups is 3. The van der Waals surface area contributed by atoms with Crippen LogP contribution in [0.3, 0.4) is 0 Å². The molecule has 1 heterocycles. The van der Waals surface area contributed by atoms with Gasteiger partial charge in [0.2, 0.25) is 11.8 Å². The molecule has 0 spiro atoms. The SMILES string of the molecule is CC(=O)Nc1cccc([C@H](CCC(N)=O)NC(=O)N2CCc3c(cc(Br)cc3-c3ccc(C(F)(F)F)cc3)C2)c1. The maximum Gasteiger partial charge on any atom is 0.416 e. The molecular weight excluding hydrogens is 589 g/mol. The first-order valence-corrected chi connectivity index (χ1v) is 13.4. The van der Waals surface area contributed by atoms with Crippen LogP contribution < -0.4 is 16.4 Å². The molecule has 3 aromatic carbocycles. The van der Waals surface area contributed by atoms with E-state index in [2.05, 4.69) is 26.6 Å². The van der Waals surface area contributed by atoms with Gasteiger partial charge in [-0.15, -0.1) is 0 Å². The molecule has 7 nitrogen and oxygen atoms in total. The molecule has 1 atom stereocenters. The number of hydrogen-bond acceptors (Lipinski definition) is 3. The van der Waals surface area contributed by atoms with Gasteiger partial charge in [-0.3, -0.25) is 9.59 Å². The van der Waals surface area contributed by atoms with Gasteiger partial charge >= 0.3 is 12.2 Å². The number of rotatable bonds is 7. The minimum Gasteiger partial charge on any atom is -0.370 e. The second-order valence-electron chi connectivity index (χ2n) is 9.65. The van der Waals surface area contributed by atoms with E-state index in [4.69, 9.17) is 5.73 Å². The van der Waals surface area contributed by atoms with E-state index in [1.165, 1.54) is 19.1 Å². The highest BCUT2D eigenvalue weighted by molar-refractivity contribution is 9.10. The number of nitrogens with two attached hydrogens (primary N) is 1. The summed E-state index contributed by atoms with van der Waals surface area (Å²) in [7, 11) is 0. The number of carbonyl (C=O) groups excluding carboxylic acids is 3. The largest absolute Gasteiger partial charge is 0.416 e. The maximum absolute atomic E-state index is 13.4. The number of fused-ring (bicyclic) bond motifs is 1. The third kappa shape index (κ3) is 7.20. The summed E-state index contributed by atoms with van der Waals surface area (Å²) >= 11 is 3.50. The van der Waals surface area contributed by atoms with Crippen LogP contribution in [0.15, 0.2) is 65.1 Å². The first kappa shape index (κ1) is 29.1. The lowest BCUT2D eigenvalue weighted by atomic mass is 9.90. The number of alkyl halides is 3. The van der Waals surface area contributed by atoms with Crippen LogP contribution in [0.5, 0.6) is 0 Å². The van der Waals surface area contributed by atoms with Crippen molar-refractivity contribution in [2.75, 3.05) is 11.9 Å². The maximum atomic E-state index is 13.4. The zero-order valence-electron chi connectivity index (χ0n) is 21.6. The van der Waals surface area contributed by atoms with Gasteiger partial charge in [-0.1, -0.05) is 40.2 Å². The Balaban J connectivity index is 1.55. The molecule has 4 N–H and O–H groups in total. The summed E-state index contributed by atoms with van der Waals surface area (Å²) in [6, 6.07) is 15.0. The minimum atomic E-state index is -4.41. The van der Waals surface area contributed by atoms with Crippen molar-refractivity contribution in [2.24, 2.45) is 5.73 Å². The van der Waals surface area contributed by atoms with Gasteiger partial charge in [0.15, 0.2) is 0 Å². The number of primary amides is 1. The van der Waals surface area contributed by atoms with Crippen LogP contribution >= 0.6 is 15.9 Å². The van der Waals surface area contributed by atoms with Crippen molar-refractivity contribution in [3.05, 3.63) is 87.4 Å². The molecule has 11 heteroatoms. The number of anilines is 1. The molecule has 0 unspecified atom stereocenters. The molecule has 4 amide bonds. The highest BCUT2D eigenvalue weighted by atomic mass is 79.9. The van der Waals surface area contributed by atoms with Crippen molar-refractivity contribution in [3.8, 4) is 11.1 Å². The molecule has 1 aliphatic rings. The Morgan fingerprint density at radius 2 is 1.80 bits per heavy atom. The molecule has 1 aliphatic heterocycles. The average molecular weight is 617 g/mol. The van der Waals surface area contributed by atoms with Gasteiger partial charge in [0.25, 0.3) is 0 Å². The first-order chi connectivity index (χ1) is 18.9. The third-order valence-electron chi connectivity index (χ3n) is 6.70. The van der Waals surface area contributed by atoms with E-state index in [1.54, 1.807) is 29.2 Å². The average Bonchev–Trinajstić information content (AvgIpc) is 2.89. The Bertz CT molecular complexity index is 1430. The van der Waals surface area contributed by atoms with Gasteiger partial charge in [0.1, 0.15) is 0 Å². The van der Waals surface area contributed by atoms with Gasteiger partial charge in [0, 0.05) is 36.6 Å². The van der Waals surface area contributed by atoms with Gasteiger partial charge in [0.05, 0.1) is 11.6 Å². The fourth-order valence-corrected chi connectivity index (χ4v) is 5.32. The van der Waals surface area contributed by atoms with E-state index in [0.29, 0.717) is 36.3 Å². The topological polar surface area (TPSA) is 105 Å². The zero-order chi connectivity index (χ0) is 29.0. The normalized spacial score (nSPS) is 13.8. The van der Waals surface area contributed by atoms with E-state index >= 15 is 0 Å². The Morgan fingerprint density at radius 1 is 1.07 bits per heavy atom. The van der Waals surface area contributed by atoms with E-state index in [-0.39, 0.29) is 24.8 Å².